The first-order chi connectivity index (χ1) is 4.25. The molecule has 1 amide bonds. The minimum Gasteiger partial charge on any atom is -0.373 e. The van der Waals surface area contributed by atoms with Crippen molar-refractivity contribution in [1.82, 2.24) is 4.90 Å². The normalized spacial score (nSPS) is 27.6. The van der Waals surface area contributed by atoms with Crippen LogP contribution in [-0.2, 0) is 0 Å². The summed E-state index contributed by atoms with van der Waals surface area (Å²) in [5.74, 6) is 0.521. The Balaban J connectivity index is 2.55. The van der Waals surface area contributed by atoms with Crippen molar-refractivity contribution in [2.75, 3.05) is 12.3 Å². The molecule has 1 saturated heterocycles. The van der Waals surface area contributed by atoms with E-state index in [9.17, 15) is 4.79 Å². The number of hydrogen-bond donors (Lipinski definition) is 1. The lowest BCUT2D eigenvalue weighted by Crippen LogP contribution is -2.32. The Morgan fingerprint density at radius 1 is 2.00 bits per heavy atom. The largest absolute Gasteiger partial charge is 0.373 e. The average Bonchev–Trinajstić information content (AvgIpc) is 2.12. The molecular formula is C5H9NO2S. The molecule has 0 saturated carbocycles. The van der Waals surface area contributed by atoms with Gasteiger partial charge in [0.2, 0.25) is 0 Å². The zero-order valence-corrected chi connectivity index (χ0v) is 6.02. The Morgan fingerprint density at radius 3 is 2.89 bits per heavy atom. The summed E-state index contributed by atoms with van der Waals surface area (Å²) < 4.78 is 0. The molecule has 1 N–H and O–H groups in total. The molecule has 1 atom stereocenters. The minimum atomic E-state index is -0.549. The van der Waals surface area contributed by atoms with Crippen molar-refractivity contribution in [3.63, 3.8) is 0 Å². The SMILES string of the molecule is CCN1C(=O)SCC1O. The third-order valence-electron chi connectivity index (χ3n) is 1.29. The van der Waals surface area contributed by atoms with Gasteiger partial charge in [-0.1, -0.05) is 11.8 Å². The van der Waals surface area contributed by atoms with Gasteiger partial charge in [0.1, 0.15) is 6.23 Å². The summed E-state index contributed by atoms with van der Waals surface area (Å²) in [6.07, 6.45) is -0.549. The van der Waals surface area contributed by atoms with Gasteiger partial charge >= 0.3 is 0 Å². The van der Waals surface area contributed by atoms with Crippen molar-refractivity contribution >= 4 is 17.0 Å². The van der Waals surface area contributed by atoms with Gasteiger partial charge in [0, 0.05) is 12.3 Å². The van der Waals surface area contributed by atoms with Crippen LogP contribution in [0.2, 0.25) is 0 Å². The maximum absolute atomic E-state index is 10.7. The number of aliphatic hydroxyl groups is 1. The van der Waals surface area contributed by atoms with E-state index in [-0.39, 0.29) is 5.24 Å². The van der Waals surface area contributed by atoms with Gasteiger partial charge in [-0.15, -0.1) is 0 Å². The second-order valence-electron chi connectivity index (χ2n) is 1.84. The molecule has 9 heavy (non-hydrogen) atoms. The fourth-order valence-electron chi connectivity index (χ4n) is 0.780. The second-order valence-corrected chi connectivity index (χ2v) is 2.81. The summed E-state index contributed by atoms with van der Waals surface area (Å²) in [4.78, 5) is 12.2. The molecule has 52 valence electrons. The Kier molecular flexibility index (Phi) is 1.97. The van der Waals surface area contributed by atoms with Crippen LogP contribution in [-0.4, -0.2) is 33.8 Å². The number of nitrogens with zero attached hydrogens (tertiary/aromatic N) is 1. The van der Waals surface area contributed by atoms with Gasteiger partial charge in [-0.3, -0.25) is 4.79 Å². The maximum atomic E-state index is 10.7. The fourth-order valence-corrected chi connectivity index (χ4v) is 1.67. The summed E-state index contributed by atoms with van der Waals surface area (Å²) in [6, 6.07) is 0. The fraction of sp³-hybridized carbons (Fsp3) is 0.800. The monoisotopic (exact) mass is 147 g/mol. The zero-order valence-electron chi connectivity index (χ0n) is 5.20. The number of carbonyl (C=O) groups is 1. The van der Waals surface area contributed by atoms with E-state index in [1.54, 1.807) is 0 Å². The molecule has 4 heteroatoms. The second kappa shape index (κ2) is 2.58. The van der Waals surface area contributed by atoms with Gasteiger partial charge < -0.3 is 10.0 Å². The first kappa shape index (κ1) is 6.89. The Hall–Kier alpha value is -0.220. The highest BCUT2D eigenvalue weighted by Crippen LogP contribution is 2.20. The summed E-state index contributed by atoms with van der Waals surface area (Å²) in [5, 5.41) is 9.03. The smallest absolute Gasteiger partial charge is 0.283 e. The van der Waals surface area contributed by atoms with Crippen LogP contribution in [0.15, 0.2) is 0 Å². The first-order valence-corrected chi connectivity index (χ1v) is 3.85. The number of thioether (sulfide) groups is 1. The van der Waals surface area contributed by atoms with Crippen LogP contribution in [0.1, 0.15) is 6.92 Å². The van der Waals surface area contributed by atoms with Crippen molar-refractivity contribution in [3.8, 4) is 0 Å². The molecule has 1 aliphatic heterocycles. The third-order valence-corrected chi connectivity index (χ3v) is 2.24. The molecule has 0 aromatic heterocycles. The highest BCUT2D eigenvalue weighted by atomic mass is 32.2. The predicted molar refractivity (Wildman–Crippen MR) is 36.2 cm³/mol. The van der Waals surface area contributed by atoms with E-state index in [0.29, 0.717) is 12.3 Å². The highest BCUT2D eigenvalue weighted by Gasteiger charge is 2.27. The molecule has 0 aromatic rings. The van der Waals surface area contributed by atoms with Crippen molar-refractivity contribution in [1.29, 1.82) is 0 Å². The Labute approximate surface area is 58.0 Å². The van der Waals surface area contributed by atoms with Crippen LogP contribution < -0.4 is 0 Å². The van der Waals surface area contributed by atoms with E-state index in [1.165, 1.54) is 16.7 Å². The standard InChI is InChI=1S/C5H9NO2S/c1-2-6-4(7)3-9-5(6)8/h4,7H,2-3H2,1H3. The van der Waals surface area contributed by atoms with Crippen LogP contribution in [0.25, 0.3) is 0 Å². The van der Waals surface area contributed by atoms with E-state index in [0.717, 1.165) is 0 Å². The predicted octanol–water partition coefficient (Wildman–Crippen LogP) is 0.494. The van der Waals surface area contributed by atoms with Gasteiger partial charge in [0.15, 0.2) is 0 Å². The van der Waals surface area contributed by atoms with Crippen molar-refractivity contribution in [3.05, 3.63) is 0 Å². The van der Waals surface area contributed by atoms with Crippen LogP contribution in [0, 0.1) is 0 Å². The first-order valence-electron chi connectivity index (χ1n) is 2.87. The quantitative estimate of drug-likeness (QED) is 0.587. The summed E-state index contributed by atoms with van der Waals surface area (Å²) in [7, 11) is 0. The maximum Gasteiger partial charge on any atom is 0.283 e. The molecular weight excluding hydrogens is 138 g/mol. The number of hydrogen-bond acceptors (Lipinski definition) is 3. The van der Waals surface area contributed by atoms with Gasteiger partial charge in [-0.2, -0.15) is 0 Å². The minimum absolute atomic E-state index is 0.00926. The topological polar surface area (TPSA) is 40.5 Å². The van der Waals surface area contributed by atoms with Gasteiger partial charge in [-0.25, -0.2) is 0 Å². The Bertz CT molecular complexity index is 128. The molecule has 0 spiro atoms. The molecule has 0 bridgehead atoms. The molecule has 0 aromatic carbocycles. The highest BCUT2D eigenvalue weighted by molar-refractivity contribution is 8.13. The van der Waals surface area contributed by atoms with Gasteiger partial charge in [-0.05, 0) is 6.92 Å². The summed E-state index contributed by atoms with van der Waals surface area (Å²) in [5.41, 5.74) is 0. The third kappa shape index (κ3) is 1.19. The number of rotatable bonds is 1. The van der Waals surface area contributed by atoms with E-state index in [4.69, 9.17) is 5.11 Å². The summed E-state index contributed by atoms with van der Waals surface area (Å²) in [6.45, 7) is 2.46. The number of amides is 1. The molecule has 1 heterocycles. The lowest BCUT2D eigenvalue weighted by Gasteiger charge is -2.15. The van der Waals surface area contributed by atoms with Crippen LogP contribution in [0.5, 0.6) is 0 Å². The number of aliphatic hydroxyl groups excluding tert-OH is 1. The van der Waals surface area contributed by atoms with Crippen molar-refractivity contribution < 1.29 is 9.90 Å². The number of carbonyl (C=O) groups excluding carboxylic acids is 1. The molecule has 1 aliphatic rings. The lowest BCUT2D eigenvalue weighted by molar-refractivity contribution is 0.0694. The molecule has 3 nitrogen and oxygen atoms in total. The molecule has 1 unspecified atom stereocenters. The zero-order chi connectivity index (χ0) is 6.85. The van der Waals surface area contributed by atoms with Gasteiger partial charge in [0.25, 0.3) is 5.24 Å². The van der Waals surface area contributed by atoms with Crippen LogP contribution in [0.3, 0.4) is 0 Å². The van der Waals surface area contributed by atoms with E-state index >= 15 is 0 Å². The molecule has 1 rings (SSSR count). The average molecular weight is 147 g/mol. The Morgan fingerprint density at radius 2 is 2.67 bits per heavy atom. The van der Waals surface area contributed by atoms with Crippen LogP contribution >= 0.6 is 11.8 Å². The molecule has 0 aliphatic carbocycles. The summed E-state index contributed by atoms with van der Waals surface area (Å²) >= 11 is 1.18. The van der Waals surface area contributed by atoms with Crippen LogP contribution in [0.4, 0.5) is 4.79 Å². The lowest BCUT2D eigenvalue weighted by atomic mass is 10.5. The van der Waals surface area contributed by atoms with Crippen molar-refractivity contribution in [2.24, 2.45) is 0 Å². The van der Waals surface area contributed by atoms with E-state index in [2.05, 4.69) is 0 Å². The van der Waals surface area contributed by atoms with E-state index in [1.807, 2.05) is 6.92 Å². The van der Waals surface area contributed by atoms with Crippen molar-refractivity contribution in [2.45, 2.75) is 13.2 Å². The van der Waals surface area contributed by atoms with E-state index < -0.39 is 6.23 Å². The van der Waals surface area contributed by atoms with Gasteiger partial charge in [0.05, 0.1) is 0 Å². The molecule has 0 radical (unpaired) electrons. The molecule has 1 fully saturated rings.